The highest BCUT2D eigenvalue weighted by Gasteiger charge is 2.35. The average molecular weight is 218 g/mol. The summed E-state index contributed by atoms with van der Waals surface area (Å²) in [6.45, 7) is 0.548. The van der Waals surface area contributed by atoms with E-state index in [2.05, 4.69) is 5.32 Å². The van der Waals surface area contributed by atoms with E-state index in [-0.39, 0.29) is 12.0 Å². The first-order valence-corrected chi connectivity index (χ1v) is 4.90. The molecule has 0 atom stereocenters. The number of hydrogen-bond acceptors (Lipinski definition) is 1. The van der Waals surface area contributed by atoms with Crippen molar-refractivity contribution >= 4 is 17.3 Å². The monoisotopic (exact) mass is 217 g/mol. The number of halogens is 3. The smallest absolute Gasteiger partial charge is 0.275 e. The van der Waals surface area contributed by atoms with Gasteiger partial charge >= 0.3 is 0 Å². The van der Waals surface area contributed by atoms with E-state index in [4.69, 9.17) is 11.6 Å². The van der Waals surface area contributed by atoms with Crippen LogP contribution in [0.5, 0.6) is 0 Å². The molecule has 0 spiro atoms. The van der Waals surface area contributed by atoms with Gasteiger partial charge in [-0.3, -0.25) is 0 Å². The molecule has 0 radical (unpaired) electrons. The summed E-state index contributed by atoms with van der Waals surface area (Å²) >= 11 is 5.85. The zero-order valence-corrected chi connectivity index (χ0v) is 8.24. The molecule has 4 heteroatoms. The van der Waals surface area contributed by atoms with Crippen LogP contribution in [-0.2, 0) is 5.92 Å². The highest BCUT2D eigenvalue weighted by Crippen LogP contribution is 2.42. The normalized spacial score (nSPS) is 19.4. The molecule has 1 aromatic carbocycles. The number of anilines is 1. The third-order valence-electron chi connectivity index (χ3n) is 2.38. The quantitative estimate of drug-likeness (QED) is 0.700. The zero-order valence-electron chi connectivity index (χ0n) is 7.49. The van der Waals surface area contributed by atoms with Crippen molar-refractivity contribution in [2.24, 2.45) is 0 Å². The van der Waals surface area contributed by atoms with E-state index in [1.807, 2.05) is 0 Å². The average Bonchev–Trinajstić information content (AvgIpc) is 2.27. The fraction of sp³-hybridized carbons (Fsp3) is 0.400. The minimum atomic E-state index is -2.76. The van der Waals surface area contributed by atoms with E-state index in [0.717, 1.165) is 0 Å². The van der Waals surface area contributed by atoms with Gasteiger partial charge in [-0.1, -0.05) is 23.7 Å². The van der Waals surface area contributed by atoms with Crippen LogP contribution in [0.3, 0.4) is 0 Å². The van der Waals surface area contributed by atoms with Crippen LogP contribution in [0, 0.1) is 0 Å². The summed E-state index contributed by atoms with van der Waals surface area (Å²) in [6.07, 6.45) is 0.339. The number of alkyl halides is 2. The lowest BCUT2D eigenvalue weighted by molar-refractivity contribution is -0.0120. The fourth-order valence-electron chi connectivity index (χ4n) is 1.67. The molecule has 1 heterocycles. The SMILES string of the molecule is FC1(F)CCCNc2c(Cl)cccc21. The summed E-state index contributed by atoms with van der Waals surface area (Å²) in [7, 11) is 0. The summed E-state index contributed by atoms with van der Waals surface area (Å²) in [6, 6.07) is 4.61. The van der Waals surface area contributed by atoms with Gasteiger partial charge in [0.1, 0.15) is 0 Å². The third kappa shape index (κ3) is 1.57. The maximum atomic E-state index is 13.5. The van der Waals surface area contributed by atoms with E-state index in [9.17, 15) is 8.78 Å². The van der Waals surface area contributed by atoms with Crippen LogP contribution in [-0.4, -0.2) is 6.54 Å². The lowest BCUT2D eigenvalue weighted by atomic mass is 10.0. The molecule has 1 nitrogen and oxygen atoms in total. The Bertz CT molecular complexity index is 352. The van der Waals surface area contributed by atoms with Crippen molar-refractivity contribution in [2.75, 3.05) is 11.9 Å². The first-order valence-electron chi connectivity index (χ1n) is 4.52. The van der Waals surface area contributed by atoms with Crippen LogP contribution >= 0.6 is 11.6 Å². The predicted molar refractivity (Wildman–Crippen MR) is 53.1 cm³/mol. The third-order valence-corrected chi connectivity index (χ3v) is 2.69. The molecule has 0 unspecified atom stereocenters. The minimum Gasteiger partial charge on any atom is -0.383 e. The number of benzene rings is 1. The van der Waals surface area contributed by atoms with Gasteiger partial charge in [0, 0.05) is 18.5 Å². The standard InChI is InChI=1S/C10H10ClF2N/c11-8-4-1-3-7-9(8)14-6-2-5-10(7,12)13/h1,3-4,14H,2,5-6H2. The van der Waals surface area contributed by atoms with Crippen molar-refractivity contribution in [2.45, 2.75) is 18.8 Å². The number of para-hydroxylation sites is 1. The van der Waals surface area contributed by atoms with E-state index in [0.29, 0.717) is 23.7 Å². The van der Waals surface area contributed by atoms with Gasteiger partial charge in [-0.15, -0.1) is 0 Å². The molecular weight excluding hydrogens is 208 g/mol. The number of hydrogen-bond donors (Lipinski definition) is 1. The van der Waals surface area contributed by atoms with Crippen LogP contribution in [0.15, 0.2) is 18.2 Å². The van der Waals surface area contributed by atoms with Gasteiger partial charge in [0.25, 0.3) is 5.92 Å². The second kappa shape index (κ2) is 3.39. The molecule has 1 N–H and O–H groups in total. The maximum absolute atomic E-state index is 13.5. The van der Waals surface area contributed by atoms with E-state index >= 15 is 0 Å². The summed E-state index contributed by atoms with van der Waals surface area (Å²) in [5, 5.41) is 3.30. The molecule has 0 amide bonds. The second-order valence-electron chi connectivity index (χ2n) is 3.40. The van der Waals surface area contributed by atoms with Crippen molar-refractivity contribution in [3.8, 4) is 0 Å². The summed E-state index contributed by atoms with van der Waals surface area (Å²) < 4.78 is 27.1. The Balaban J connectivity index is 2.56. The largest absolute Gasteiger partial charge is 0.383 e. The van der Waals surface area contributed by atoms with Crippen LogP contribution in [0.4, 0.5) is 14.5 Å². The van der Waals surface area contributed by atoms with Gasteiger partial charge in [0.05, 0.1) is 10.7 Å². The molecular formula is C10H10ClF2N. The van der Waals surface area contributed by atoms with Gasteiger partial charge < -0.3 is 5.32 Å². The molecule has 0 aromatic heterocycles. The topological polar surface area (TPSA) is 12.0 Å². The van der Waals surface area contributed by atoms with Crippen LogP contribution in [0.25, 0.3) is 0 Å². The van der Waals surface area contributed by atoms with Crippen LogP contribution < -0.4 is 5.32 Å². The van der Waals surface area contributed by atoms with E-state index < -0.39 is 5.92 Å². The predicted octanol–water partition coefficient (Wildman–Crippen LogP) is 3.64. The Morgan fingerprint density at radius 3 is 2.93 bits per heavy atom. The Labute approximate surface area is 86.1 Å². The molecule has 1 aliphatic heterocycles. The molecule has 0 aliphatic carbocycles. The molecule has 0 saturated heterocycles. The van der Waals surface area contributed by atoms with Gasteiger partial charge in [0.2, 0.25) is 0 Å². The summed E-state index contributed by atoms with van der Waals surface area (Å²) in [5.41, 5.74) is 0.402. The molecule has 0 bridgehead atoms. The molecule has 76 valence electrons. The highest BCUT2D eigenvalue weighted by atomic mass is 35.5. The molecule has 2 rings (SSSR count). The molecule has 1 aliphatic rings. The molecule has 1 aromatic rings. The van der Waals surface area contributed by atoms with Crippen LogP contribution in [0.1, 0.15) is 18.4 Å². The van der Waals surface area contributed by atoms with Gasteiger partial charge in [-0.25, -0.2) is 8.78 Å². The van der Waals surface area contributed by atoms with Gasteiger partial charge in [-0.2, -0.15) is 0 Å². The van der Waals surface area contributed by atoms with Crippen molar-refractivity contribution in [1.29, 1.82) is 0 Å². The van der Waals surface area contributed by atoms with Gasteiger partial charge in [0.15, 0.2) is 0 Å². The Morgan fingerprint density at radius 2 is 2.14 bits per heavy atom. The number of rotatable bonds is 0. The molecule has 14 heavy (non-hydrogen) atoms. The Morgan fingerprint density at radius 1 is 1.36 bits per heavy atom. The van der Waals surface area contributed by atoms with E-state index in [1.165, 1.54) is 6.07 Å². The molecule has 0 fully saturated rings. The second-order valence-corrected chi connectivity index (χ2v) is 3.80. The summed E-state index contributed by atoms with van der Waals surface area (Å²) in [4.78, 5) is 0. The Hall–Kier alpha value is -0.830. The van der Waals surface area contributed by atoms with Crippen molar-refractivity contribution < 1.29 is 8.78 Å². The number of fused-ring (bicyclic) bond motifs is 1. The number of nitrogens with one attached hydrogen (secondary N) is 1. The van der Waals surface area contributed by atoms with Gasteiger partial charge in [-0.05, 0) is 12.5 Å². The van der Waals surface area contributed by atoms with Crippen molar-refractivity contribution in [3.05, 3.63) is 28.8 Å². The first kappa shape index (κ1) is 9.71. The van der Waals surface area contributed by atoms with E-state index in [1.54, 1.807) is 12.1 Å². The lowest BCUT2D eigenvalue weighted by Gasteiger charge is -2.16. The van der Waals surface area contributed by atoms with Crippen LogP contribution in [0.2, 0.25) is 5.02 Å². The first-order chi connectivity index (χ1) is 6.61. The molecule has 0 saturated carbocycles. The lowest BCUT2D eigenvalue weighted by Crippen LogP contribution is -2.12. The minimum absolute atomic E-state index is 0.0162. The zero-order chi connectivity index (χ0) is 10.2. The highest BCUT2D eigenvalue weighted by molar-refractivity contribution is 6.33. The fourth-order valence-corrected chi connectivity index (χ4v) is 1.91. The Kier molecular flexibility index (Phi) is 2.35. The summed E-state index contributed by atoms with van der Waals surface area (Å²) in [5.74, 6) is -2.76. The van der Waals surface area contributed by atoms with Crippen molar-refractivity contribution in [3.63, 3.8) is 0 Å². The van der Waals surface area contributed by atoms with Crippen molar-refractivity contribution in [1.82, 2.24) is 0 Å². The maximum Gasteiger partial charge on any atom is 0.275 e.